The first-order valence-corrected chi connectivity index (χ1v) is 9.35. The fourth-order valence-corrected chi connectivity index (χ4v) is 3.33. The molecule has 2 N–H and O–H groups in total. The summed E-state index contributed by atoms with van der Waals surface area (Å²) in [5, 5.41) is 10.7. The van der Waals surface area contributed by atoms with Gasteiger partial charge in [-0.25, -0.2) is 0 Å². The van der Waals surface area contributed by atoms with Crippen LogP contribution in [0.4, 0.5) is 0 Å². The van der Waals surface area contributed by atoms with Crippen LogP contribution in [-0.4, -0.2) is 36.2 Å². The van der Waals surface area contributed by atoms with E-state index in [-0.39, 0.29) is 0 Å². The normalized spacial score (nSPS) is 22.0. The molecule has 1 fully saturated rings. The van der Waals surface area contributed by atoms with Crippen LogP contribution >= 0.6 is 0 Å². The molecule has 2 unspecified atom stereocenters. The van der Waals surface area contributed by atoms with Gasteiger partial charge in [-0.1, -0.05) is 45.2 Å². The second kappa shape index (κ2) is 9.64. The van der Waals surface area contributed by atoms with Crippen LogP contribution in [0, 0.1) is 11.8 Å². The third kappa shape index (κ3) is 6.13. The van der Waals surface area contributed by atoms with E-state index in [1.807, 2.05) is 7.05 Å². The molecule has 24 heavy (non-hydrogen) atoms. The summed E-state index contributed by atoms with van der Waals surface area (Å²) in [5.41, 5.74) is 0. The molecule has 0 aromatic carbocycles. The van der Waals surface area contributed by atoms with Crippen molar-refractivity contribution in [2.75, 3.05) is 20.1 Å². The lowest BCUT2D eigenvalue weighted by Crippen LogP contribution is -2.39. The van der Waals surface area contributed by atoms with Gasteiger partial charge in [-0.05, 0) is 24.7 Å². The maximum Gasteiger partial charge on any atom is 0.228 e. The fraction of sp³-hybridized carbons (Fsp3) is 0.833. The van der Waals surface area contributed by atoms with E-state index in [0.29, 0.717) is 18.2 Å². The van der Waals surface area contributed by atoms with Crippen LogP contribution in [0.2, 0.25) is 0 Å². The van der Waals surface area contributed by atoms with Crippen molar-refractivity contribution in [1.82, 2.24) is 20.8 Å². The number of hydrogen-bond acceptors (Lipinski definition) is 4. The first-order chi connectivity index (χ1) is 11.6. The highest BCUT2D eigenvalue weighted by Gasteiger charge is 2.18. The quantitative estimate of drug-likeness (QED) is 0.591. The standard InChI is InChI=1S/C18H33N5O/c1-13(2)17-22-16(24-23-17)9-11-21-18(19-4)20-10-8-15-7-5-6-14(3)12-15/h13-15H,5-12H2,1-4H3,(H2,19,20,21). The summed E-state index contributed by atoms with van der Waals surface area (Å²) < 4.78 is 5.25. The molecule has 6 heteroatoms. The average Bonchev–Trinajstić information content (AvgIpc) is 3.02. The molecule has 1 aliphatic carbocycles. The molecule has 0 aliphatic heterocycles. The highest BCUT2D eigenvalue weighted by molar-refractivity contribution is 5.79. The molecule has 0 radical (unpaired) electrons. The Kier molecular flexibility index (Phi) is 7.53. The predicted octanol–water partition coefficient (Wildman–Crippen LogP) is 3.12. The monoisotopic (exact) mass is 335 g/mol. The summed E-state index contributed by atoms with van der Waals surface area (Å²) >= 11 is 0. The van der Waals surface area contributed by atoms with E-state index in [2.05, 4.69) is 46.5 Å². The lowest BCUT2D eigenvalue weighted by Gasteiger charge is -2.26. The minimum Gasteiger partial charge on any atom is -0.356 e. The van der Waals surface area contributed by atoms with Gasteiger partial charge in [0.15, 0.2) is 11.8 Å². The van der Waals surface area contributed by atoms with Gasteiger partial charge in [0.2, 0.25) is 5.89 Å². The minimum atomic E-state index is 0.299. The van der Waals surface area contributed by atoms with Crippen LogP contribution in [0.5, 0.6) is 0 Å². The van der Waals surface area contributed by atoms with Crippen molar-refractivity contribution in [1.29, 1.82) is 0 Å². The Labute approximate surface area is 145 Å². The number of hydrogen-bond donors (Lipinski definition) is 2. The fourth-order valence-electron chi connectivity index (χ4n) is 3.33. The largest absolute Gasteiger partial charge is 0.356 e. The highest BCUT2D eigenvalue weighted by atomic mass is 16.5. The molecular formula is C18H33N5O. The SMILES string of the molecule is CN=C(NCCc1nc(C(C)C)no1)NCCC1CCCC(C)C1. The van der Waals surface area contributed by atoms with Crippen molar-refractivity contribution >= 4 is 5.96 Å². The zero-order valence-corrected chi connectivity index (χ0v) is 15.6. The third-order valence-corrected chi connectivity index (χ3v) is 4.75. The van der Waals surface area contributed by atoms with Gasteiger partial charge >= 0.3 is 0 Å². The van der Waals surface area contributed by atoms with Gasteiger partial charge in [0.05, 0.1) is 0 Å². The van der Waals surface area contributed by atoms with E-state index in [9.17, 15) is 0 Å². The Morgan fingerprint density at radius 3 is 2.75 bits per heavy atom. The first kappa shape index (κ1) is 18.7. The third-order valence-electron chi connectivity index (χ3n) is 4.75. The molecule has 1 heterocycles. The lowest BCUT2D eigenvalue weighted by atomic mass is 9.81. The number of rotatable bonds is 7. The average molecular weight is 335 g/mol. The molecule has 2 atom stereocenters. The van der Waals surface area contributed by atoms with E-state index in [1.165, 1.54) is 32.1 Å². The van der Waals surface area contributed by atoms with E-state index in [4.69, 9.17) is 4.52 Å². The topological polar surface area (TPSA) is 75.3 Å². The maximum atomic E-state index is 5.25. The van der Waals surface area contributed by atoms with Gasteiger partial charge in [-0.15, -0.1) is 0 Å². The van der Waals surface area contributed by atoms with Crippen LogP contribution in [0.1, 0.15) is 70.5 Å². The van der Waals surface area contributed by atoms with Crippen LogP contribution in [0.3, 0.4) is 0 Å². The molecule has 1 aromatic rings. The number of nitrogens with zero attached hydrogens (tertiary/aromatic N) is 3. The smallest absolute Gasteiger partial charge is 0.228 e. The summed E-state index contributed by atoms with van der Waals surface area (Å²) in [6.45, 7) is 8.22. The van der Waals surface area contributed by atoms with E-state index >= 15 is 0 Å². The zero-order chi connectivity index (χ0) is 17.4. The molecule has 1 aliphatic rings. The van der Waals surface area contributed by atoms with Gasteiger partial charge < -0.3 is 15.2 Å². The highest BCUT2D eigenvalue weighted by Crippen LogP contribution is 2.30. The Morgan fingerprint density at radius 1 is 1.29 bits per heavy atom. The Hall–Kier alpha value is -1.59. The molecule has 0 saturated heterocycles. The second-order valence-electron chi connectivity index (χ2n) is 7.30. The molecule has 6 nitrogen and oxygen atoms in total. The Morgan fingerprint density at radius 2 is 2.08 bits per heavy atom. The first-order valence-electron chi connectivity index (χ1n) is 9.35. The second-order valence-corrected chi connectivity index (χ2v) is 7.30. The van der Waals surface area contributed by atoms with Crippen molar-refractivity contribution in [2.45, 2.75) is 65.2 Å². The van der Waals surface area contributed by atoms with Gasteiger partial charge in [0, 0.05) is 32.5 Å². The van der Waals surface area contributed by atoms with Gasteiger partial charge in [0.1, 0.15) is 0 Å². The molecule has 1 saturated carbocycles. The molecule has 0 spiro atoms. The maximum absolute atomic E-state index is 5.25. The summed E-state index contributed by atoms with van der Waals surface area (Å²) in [7, 11) is 1.81. The van der Waals surface area contributed by atoms with E-state index < -0.39 is 0 Å². The Bertz CT molecular complexity index is 511. The van der Waals surface area contributed by atoms with Crippen molar-refractivity contribution in [3.8, 4) is 0 Å². The number of guanidine groups is 1. The summed E-state index contributed by atoms with van der Waals surface area (Å²) in [6.07, 6.45) is 7.49. The van der Waals surface area contributed by atoms with E-state index in [1.54, 1.807) is 0 Å². The van der Waals surface area contributed by atoms with Crippen LogP contribution in [0.15, 0.2) is 9.52 Å². The number of aliphatic imine (C=N–C) groups is 1. The molecule has 0 bridgehead atoms. The van der Waals surface area contributed by atoms with Crippen molar-refractivity contribution in [3.05, 3.63) is 11.7 Å². The summed E-state index contributed by atoms with van der Waals surface area (Å²) in [4.78, 5) is 8.66. The molecular weight excluding hydrogens is 302 g/mol. The van der Waals surface area contributed by atoms with Gasteiger partial charge in [-0.3, -0.25) is 4.99 Å². The van der Waals surface area contributed by atoms with Gasteiger partial charge in [0.25, 0.3) is 0 Å². The minimum absolute atomic E-state index is 0.299. The van der Waals surface area contributed by atoms with E-state index in [0.717, 1.165) is 36.7 Å². The van der Waals surface area contributed by atoms with Crippen molar-refractivity contribution in [2.24, 2.45) is 16.8 Å². The molecule has 2 rings (SSSR count). The summed E-state index contributed by atoms with van der Waals surface area (Å²) in [5.74, 6) is 4.36. The van der Waals surface area contributed by atoms with Crippen LogP contribution in [0.25, 0.3) is 0 Å². The predicted molar refractivity (Wildman–Crippen MR) is 97.2 cm³/mol. The Balaban J connectivity index is 1.63. The number of aromatic nitrogens is 2. The van der Waals surface area contributed by atoms with Crippen LogP contribution < -0.4 is 10.6 Å². The molecule has 1 aromatic heterocycles. The van der Waals surface area contributed by atoms with Gasteiger partial charge in [-0.2, -0.15) is 4.98 Å². The zero-order valence-electron chi connectivity index (χ0n) is 15.6. The molecule has 0 amide bonds. The summed E-state index contributed by atoms with van der Waals surface area (Å²) in [6, 6.07) is 0. The molecule has 136 valence electrons. The number of nitrogens with one attached hydrogen (secondary N) is 2. The van der Waals surface area contributed by atoms with Crippen molar-refractivity contribution in [3.63, 3.8) is 0 Å². The van der Waals surface area contributed by atoms with Crippen molar-refractivity contribution < 1.29 is 4.52 Å². The van der Waals surface area contributed by atoms with Crippen LogP contribution in [-0.2, 0) is 6.42 Å². The lowest BCUT2D eigenvalue weighted by molar-refractivity contribution is 0.270.